The molecular weight excluding hydrogens is 335 g/mol. The van der Waals surface area contributed by atoms with Crippen LogP contribution in [0.25, 0.3) is 0 Å². The van der Waals surface area contributed by atoms with Crippen LogP contribution in [0.5, 0.6) is 11.5 Å². The van der Waals surface area contributed by atoms with Crippen LogP contribution in [-0.4, -0.2) is 26.2 Å². The van der Waals surface area contributed by atoms with Crippen molar-refractivity contribution in [3.8, 4) is 11.5 Å². The summed E-state index contributed by atoms with van der Waals surface area (Å²) in [5.74, 6) is 1.22. The highest BCUT2D eigenvalue weighted by Crippen LogP contribution is 2.30. The van der Waals surface area contributed by atoms with E-state index in [-0.39, 0.29) is 19.1 Å². The van der Waals surface area contributed by atoms with E-state index in [9.17, 15) is 13.2 Å². The molecule has 0 unspecified atom stereocenters. The van der Waals surface area contributed by atoms with Crippen LogP contribution in [0.15, 0.2) is 53.5 Å². The van der Waals surface area contributed by atoms with Gasteiger partial charge in [-0.3, -0.25) is 0 Å². The molecule has 8 heteroatoms. The number of hydrogen-bond donors (Lipinski definition) is 2. The van der Waals surface area contributed by atoms with Gasteiger partial charge in [0.15, 0.2) is 5.96 Å². The molecule has 0 spiro atoms. The molecular formula is C17H18F3N3O2. The molecule has 0 aliphatic heterocycles. The Morgan fingerprint density at radius 3 is 2.48 bits per heavy atom. The maximum Gasteiger partial charge on any atom is 0.416 e. The number of halogens is 3. The van der Waals surface area contributed by atoms with E-state index >= 15 is 0 Å². The molecule has 0 bridgehead atoms. The van der Waals surface area contributed by atoms with Gasteiger partial charge in [-0.25, -0.2) is 4.99 Å². The molecule has 2 aromatic rings. The van der Waals surface area contributed by atoms with Gasteiger partial charge in [0.25, 0.3) is 0 Å². The topological polar surface area (TPSA) is 68.9 Å². The Morgan fingerprint density at radius 1 is 1.12 bits per heavy atom. The molecule has 134 valence electrons. The number of nitrogens with two attached hydrogens (primary N) is 1. The first-order valence-corrected chi connectivity index (χ1v) is 7.39. The minimum Gasteiger partial charge on any atom is -0.497 e. The van der Waals surface area contributed by atoms with Gasteiger partial charge in [-0.05, 0) is 36.4 Å². The van der Waals surface area contributed by atoms with Crippen molar-refractivity contribution in [2.24, 2.45) is 10.7 Å². The van der Waals surface area contributed by atoms with Crippen LogP contribution < -0.4 is 20.5 Å². The number of aliphatic imine (C=N–C) groups is 1. The number of nitrogens with one attached hydrogen (secondary N) is 1. The summed E-state index contributed by atoms with van der Waals surface area (Å²) in [5.41, 5.74) is 5.77. The minimum absolute atomic E-state index is 0.186. The average Bonchev–Trinajstić information content (AvgIpc) is 2.58. The fourth-order valence-electron chi connectivity index (χ4n) is 1.96. The minimum atomic E-state index is -4.36. The van der Waals surface area contributed by atoms with Crippen molar-refractivity contribution in [1.29, 1.82) is 0 Å². The van der Waals surface area contributed by atoms with Gasteiger partial charge in [-0.15, -0.1) is 0 Å². The Kier molecular flexibility index (Phi) is 6.10. The van der Waals surface area contributed by atoms with E-state index in [2.05, 4.69) is 10.3 Å². The average molecular weight is 353 g/mol. The molecule has 2 rings (SSSR count). The molecule has 2 aromatic carbocycles. The summed E-state index contributed by atoms with van der Waals surface area (Å²) in [5, 5.41) is 2.91. The molecule has 0 saturated carbocycles. The fourth-order valence-corrected chi connectivity index (χ4v) is 1.96. The zero-order chi connectivity index (χ0) is 18.3. The third-order valence-electron chi connectivity index (χ3n) is 3.17. The lowest BCUT2D eigenvalue weighted by atomic mass is 10.2. The number of anilines is 1. The number of nitrogens with zero attached hydrogens (tertiary/aromatic N) is 1. The summed E-state index contributed by atoms with van der Waals surface area (Å²) in [7, 11) is 1.56. The SMILES string of the molecule is COc1cccc(NC(N)=NCCOc2ccc(C(F)(F)F)cc2)c1. The third-order valence-corrected chi connectivity index (χ3v) is 3.17. The van der Waals surface area contributed by atoms with Gasteiger partial charge in [0.05, 0.1) is 19.2 Å². The normalized spacial score (nSPS) is 11.9. The maximum atomic E-state index is 12.5. The number of hydrogen-bond acceptors (Lipinski definition) is 3. The van der Waals surface area contributed by atoms with Crippen LogP contribution >= 0.6 is 0 Å². The zero-order valence-corrected chi connectivity index (χ0v) is 13.5. The zero-order valence-electron chi connectivity index (χ0n) is 13.5. The number of methoxy groups -OCH3 is 1. The smallest absolute Gasteiger partial charge is 0.416 e. The van der Waals surface area contributed by atoms with Crippen molar-refractivity contribution >= 4 is 11.6 Å². The van der Waals surface area contributed by atoms with E-state index in [1.54, 1.807) is 19.2 Å². The predicted octanol–water partition coefficient (Wildman–Crippen LogP) is 3.52. The Balaban J connectivity index is 1.80. The summed E-state index contributed by atoms with van der Waals surface area (Å²) in [4.78, 5) is 4.08. The lowest BCUT2D eigenvalue weighted by Gasteiger charge is -2.09. The largest absolute Gasteiger partial charge is 0.497 e. The van der Waals surface area contributed by atoms with Crippen molar-refractivity contribution in [2.45, 2.75) is 6.18 Å². The number of benzene rings is 2. The summed E-state index contributed by atoms with van der Waals surface area (Å²) in [6.07, 6.45) is -4.36. The van der Waals surface area contributed by atoms with E-state index in [1.807, 2.05) is 12.1 Å². The van der Waals surface area contributed by atoms with Crippen LogP contribution in [0.3, 0.4) is 0 Å². The maximum absolute atomic E-state index is 12.5. The van der Waals surface area contributed by atoms with Crippen LogP contribution in [0, 0.1) is 0 Å². The summed E-state index contributed by atoms with van der Waals surface area (Å²) in [6.45, 7) is 0.440. The van der Waals surface area contributed by atoms with Gasteiger partial charge in [-0.1, -0.05) is 6.07 Å². The Bertz CT molecular complexity index is 716. The summed E-state index contributed by atoms with van der Waals surface area (Å²) >= 11 is 0. The number of alkyl halides is 3. The number of rotatable bonds is 6. The molecule has 0 aliphatic carbocycles. The molecule has 25 heavy (non-hydrogen) atoms. The predicted molar refractivity (Wildman–Crippen MR) is 90.0 cm³/mol. The molecule has 5 nitrogen and oxygen atoms in total. The first-order valence-electron chi connectivity index (χ1n) is 7.39. The van der Waals surface area contributed by atoms with E-state index in [1.165, 1.54) is 12.1 Å². The standard InChI is InChI=1S/C17H18F3N3O2/c1-24-15-4-2-3-13(11-15)23-16(21)22-9-10-25-14-7-5-12(6-8-14)17(18,19)20/h2-8,11H,9-10H2,1H3,(H3,21,22,23). The highest BCUT2D eigenvalue weighted by atomic mass is 19.4. The summed E-state index contributed by atoms with van der Waals surface area (Å²) < 4.78 is 47.8. The third kappa shape index (κ3) is 5.91. The second kappa shape index (κ2) is 8.27. The van der Waals surface area contributed by atoms with Crippen LogP contribution in [-0.2, 0) is 6.18 Å². The summed E-state index contributed by atoms with van der Waals surface area (Å²) in [6, 6.07) is 11.7. The molecule has 0 fully saturated rings. The van der Waals surface area contributed by atoms with Gasteiger partial charge in [-0.2, -0.15) is 13.2 Å². The van der Waals surface area contributed by atoms with Crippen molar-refractivity contribution in [1.82, 2.24) is 0 Å². The van der Waals surface area contributed by atoms with Crippen molar-refractivity contribution in [2.75, 3.05) is 25.6 Å². The van der Waals surface area contributed by atoms with Gasteiger partial charge in [0, 0.05) is 11.8 Å². The second-order valence-corrected chi connectivity index (χ2v) is 4.99. The van der Waals surface area contributed by atoms with E-state index < -0.39 is 11.7 Å². The van der Waals surface area contributed by atoms with Gasteiger partial charge in [0.2, 0.25) is 0 Å². The number of guanidine groups is 1. The molecule has 0 heterocycles. The Morgan fingerprint density at radius 2 is 1.84 bits per heavy atom. The first kappa shape index (κ1) is 18.4. The molecule has 0 aromatic heterocycles. The lowest BCUT2D eigenvalue weighted by molar-refractivity contribution is -0.137. The van der Waals surface area contributed by atoms with Crippen molar-refractivity contribution in [3.63, 3.8) is 0 Å². The van der Waals surface area contributed by atoms with Crippen molar-refractivity contribution in [3.05, 3.63) is 54.1 Å². The van der Waals surface area contributed by atoms with Crippen LogP contribution in [0.4, 0.5) is 18.9 Å². The van der Waals surface area contributed by atoms with Crippen LogP contribution in [0.2, 0.25) is 0 Å². The van der Waals surface area contributed by atoms with Gasteiger partial charge < -0.3 is 20.5 Å². The monoisotopic (exact) mass is 353 g/mol. The highest BCUT2D eigenvalue weighted by Gasteiger charge is 2.29. The second-order valence-electron chi connectivity index (χ2n) is 4.99. The van der Waals surface area contributed by atoms with E-state index in [0.717, 1.165) is 17.8 Å². The molecule has 0 aliphatic rings. The molecule has 0 atom stereocenters. The van der Waals surface area contributed by atoms with Gasteiger partial charge >= 0.3 is 6.18 Å². The van der Waals surface area contributed by atoms with Crippen molar-refractivity contribution < 1.29 is 22.6 Å². The first-order chi connectivity index (χ1) is 11.9. The fraction of sp³-hybridized carbons (Fsp3) is 0.235. The van der Waals surface area contributed by atoms with Gasteiger partial charge in [0.1, 0.15) is 18.1 Å². The Hall–Kier alpha value is -2.90. The highest BCUT2D eigenvalue weighted by molar-refractivity contribution is 5.92. The molecule has 0 radical (unpaired) electrons. The molecule has 0 saturated heterocycles. The van der Waals surface area contributed by atoms with E-state index in [0.29, 0.717) is 11.5 Å². The quantitative estimate of drug-likeness (QED) is 0.474. The number of ether oxygens (including phenoxy) is 2. The molecule has 3 N–H and O–H groups in total. The van der Waals surface area contributed by atoms with E-state index in [4.69, 9.17) is 15.2 Å². The lowest BCUT2D eigenvalue weighted by Crippen LogP contribution is -2.23. The van der Waals surface area contributed by atoms with Crippen LogP contribution in [0.1, 0.15) is 5.56 Å². The molecule has 0 amide bonds. The Labute approximate surface area is 143 Å².